The summed E-state index contributed by atoms with van der Waals surface area (Å²) in [6.45, 7) is 8.83. The minimum absolute atomic E-state index is 0.923. The lowest BCUT2D eigenvalue weighted by molar-refractivity contribution is 0.0366. The molecule has 1 aliphatic heterocycles. The van der Waals surface area contributed by atoms with Gasteiger partial charge in [0.05, 0.1) is 13.2 Å². The predicted octanol–water partition coefficient (Wildman–Crippen LogP) is 0.906. The van der Waals surface area contributed by atoms with Gasteiger partial charge in [-0.15, -0.1) is 8.58 Å². The lowest BCUT2D eigenvalue weighted by Crippen LogP contribution is -2.37. The minimum Gasteiger partial charge on any atom is -0.379 e. The smallest absolute Gasteiger partial charge is 0.0594 e. The maximum Gasteiger partial charge on any atom is 0.0594 e. The maximum absolute atomic E-state index is 5.31. The van der Waals surface area contributed by atoms with E-state index in [1.54, 1.807) is 0 Å². The van der Waals surface area contributed by atoms with Crippen LogP contribution in [0.1, 0.15) is 6.42 Å². The molecule has 3 nitrogen and oxygen atoms in total. The standard InChI is InChI=1S/C10H23N2OP/c1-11(10-14-2)4-3-5-12-6-8-13-9-7-12/h14H,3-10H2,1-2H3. The lowest BCUT2D eigenvalue weighted by Gasteiger charge is -2.27. The van der Waals surface area contributed by atoms with Crippen molar-refractivity contribution in [3.8, 4) is 0 Å². The molecule has 1 saturated heterocycles. The zero-order valence-electron chi connectivity index (χ0n) is 9.46. The van der Waals surface area contributed by atoms with E-state index in [9.17, 15) is 0 Å². The fraction of sp³-hybridized carbons (Fsp3) is 1.00. The second-order valence-corrected chi connectivity index (χ2v) is 4.92. The molecule has 1 aliphatic rings. The van der Waals surface area contributed by atoms with Crippen LogP contribution in [0.25, 0.3) is 0 Å². The van der Waals surface area contributed by atoms with E-state index in [0.29, 0.717) is 0 Å². The molecule has 0 aliphatic carbocycles. The molecule has 0 aromatic carbocycles. The van der Waals surface area contributed by atoms with Crippen LogP contribution in [-0.4, -0.2) is 69.2 Å². The number of ether oxygens (including phenoxy) is 1. The van der Waals surface area contributed by atoms with Crippen LogP contribution in [0.4, 0.5) is 0 Å². The van der Waals surface area contributed by atoms with Gasteiger partial charge in [-0.3, -0.25) is 4.90 Å². The van der Waals surface area contributed by atoms with Gasteiger partial charge in [0.1, 0.15) is 0 Å². The molecular formula is C10H23N2OP. The molecule has 0 aromatic heterocycles. The molecule has 0 spiro atoms. The van der Waals surface area contributed by atoms with Crippen molar-refractivity contribution < 1.29 is 4.74 Å². The van der Waals surface area contributed by atoms with Crippen LogP contribution in [0.3, 0.4) is 0 Å². The molecule has 14 heavy (non-hydrogen) atoms. The normalized spacial score (nSPS) is 19.9. The Morgan fingerprint density at radius 2 is 2.07 bits per heavy atom. The molecule has 0 radical (unpaired) electrons. The van der Waals surface area contributed by atoms with Crippen molar-refractivity contribution >= 4 is 8.58 Å². The van der Waals surface area contributed by atoms with E-state index in [1.807, 2.05) is 0 Å². The largest absolute Gasteiger partial charge is 0.379 e. The van der Waals surface area contributed by atoms with Gasteiger partial charge in [0.2, 0.25) is 0 Å². The first-order valence-electron chi connectivity index (χ1n) is 5.46. The fourth-order valence-corrected chi connectivity index (χ4v) is 2.44. The zero-order chi connectivity index (χ0) is 10.2. The van der Waals surface area contributed by atoms with E-state index in [0.717, 1.165) is 34.9 Å². The van der Waals surface area contributed by atoms with Crippen molar-refractivity contribution in [3.63, 3.8) is 0 Å². The third-order valence-corrected chi connectivity index (χ3v) is 3.40. The first-order valence-corrected chi connectivity index (χ1v) is 7.17. The highest BCUT2D eigenvalue weighted by molar-refractivity contribution is 7.36. The molecule has 0 saturated carbocycles. The average Bonchev–Trinajstić information content (AvgIpc) is 2.20. The molecule has 1 unspecified atom stereocenters. The van der Waals surface area contributed by atoms with Crippen LogP contribution in [0.2, 0.25) is 0 Å². The van der Waals surface area contributed by atoms with Crippen molar-refractivity contribution in [2.24, 2.45) is 0 Å². The van der Waals surface area contributed by atoms with Gasteiger partial charge in [0.25, 0.3) is 0 Å². The molecule has 1 heterocycles. The Labute approximate surface area is 89.6 Å². The SMILES string of the molecule is CPCN(C)CCCN1CCOCC1. The topological polar surface area (TPSA) is 15.7 Å². The quantitative estimate of drug-likeness (QED) is 0.616. The molecule has 1 atom stereocenters. The summed E-state index contributed by atoms with van der Waals surface area (Å²) in [4.78, 5) is 4.93. The molecule has 1 fully saturated rings. The number of hydrogen-bond acceptors (Lipinski definition) is 3. The van der Waals surface area contributed by atoms with Crippen LogP contribution in [0.15, 0.2) is 0 Å². The van der Waals surface area contributed by atoms with Crippen LogP contribution in [0.5, 0.6) is 0 Å². The summed E-state index contributed by atoms with van der Waals surface area (Å²) in [6.07, 6.45) is 2.55. The third-order valence-electron chi connectivity index (χ3n) is 2.55. The Bertz CT molecular complexity index is 140. The van der Waals surface area contributed by atoms with Gasteiger partial charge >= 0.3 is 0 Å². The minimum atomic E-state index is 0.923. The number of rotatable bonds is 6. The second-order valence-electron chi connectivity index (χ2n) is 3.90. The number of hydrogen-bond donors (Lipinski definition) is 0. The van der Waals surface area contributed by atoms with Gasteiger partial charge in [-0.05, 0) is 33.2 Å². The van der Waals surface area contributed by atoms with Crippen molar-refractivity contribution in [2.75, 3.05) is 59.4 Å². The molecular weight excluding hydrogens is 195 g/mol. The number of morpholine rings is 1. The van der Waals surface area contributed by atoms with Crippen LogP contribution < -0.4 is 0 Å². The molecule has 0 bridgehead atoms. The van der Waals surface area contributed by atoms with E-state index in [-0.39, 0.29) is 0 Å². The highest BCUT2D eigenvalue weighted by atomic mass is 31.1. The maximum atomic E-state index is 5.31. The van der Waals surface area contributed by atoms with Crippen LogP contribution in [-0.2, 0) is 4.74 Å². The Morgan fingerprint density at radius 1 is 1.36 bits per heavy atom. The van der Waals surface area contributed by atoms with E-state index in [4.69, 9.17) is 4.74 Å². The monoisotopic (exact) mass is 218 g/mol. The second kappa shape index (κ2) is 7.58. The van der Waals surface area contributed by atoms with Gasteiger partial charge in [-0.1, -0.05) is 0 Å². The zero-order valence-corrected chi connectivity index (χ0v) is 10.5. The first-order chi connectivity index (χ1) is 6.83. The summed E-state index contributed by atoms with van der Waals surface area (Å²) < 4.78 is 5.31. The van der Waals surface area contributed by atoms with Gasteiger partial charge in [0, 0.05) is 19.4 Å². The Balaban J connectivity index is 1.96. The lowest BCUT2D eigenvalue weighted by atomic mass is 10.3. The van der Waals surface area contributed by atoms with E-state index < -0.39 is 0 Å². The fourth-order valence-electron chi connectivity index (χ4n) is 1.74. The Hall–Kier alpha value is 0.310. The first kappa shape index (κ1) is 12.4. The summed E-state index contributed by atoms with van der Waals surface area (Å²) in [5.74, 6) is 0. The van der Waals surface area contributed by atoms with Gasteiger partial charge < -0.3 is 9.64 Å². The number of nitrogens with zero attached hydrogens (tertiary/aromatic N) is 2. The summed E-state index contributed by atoms with van der Waals surface area (Å²) in [7, 11) is 3.27. The third kappa shape index (κ3) is 5.26. The van der Waals surface area contributed by atoms with Crippen molar-refractivity contribution in [1.29, 1.82) is 0 Å². The van der Waals surface area contributed by atoms with Crippen molar-refractivity contribution in [1.82, 2.24) is 9.80 Å². The summed E-state index contributed by atoms with van der Waals surface area (Å²) in [5.41, 5.74) is 0. The van der Waals surface area contributed by atoms with Crippen molar-refractivity contribution in [3.05, 3.63) is 0 Å². The molecule has 1 rings (SSSR count). The van der Waals surface area contributed by atoms with Gasteiger partial charge in [-0.25, -0.2) is 0 Å². The molecule has 4 heteroatoms. The van der Waals surface area contributed by atoms with Gasteiger partial charge in [0.15, 0.2) is 0 Å². The summed E-state index contributed by atoms with van der Waals surface area (Å²) in [6, 6.07) is 0. The highest BCUT2D eigenvalue weighted by Gasteiger charge is 2.09. The van der Waals surface area contributed by atoms with E-state index in [1.165, 1.54) is 25.8 Å². The van der Waals surface area contributed by atoms with Gasteiger partial charge in [-0.2, -0.15) is 0 Å². The molecule has 84 valence electrons. The van der Waals surface area contributed by atoms with Crippen LogP contribution in [0, 0.1) is 0 Å². The molecule has 0 N–H and O–H groups in total. The highest BCUT2D eigenvalue weighted by Crippen LogP contribution is 2.05. The Morgan fingerprint density at radius 3 is 2.71 bits per heavy atom. The Kier molecular flexibility index (Phi) is 6.70. The van der Waals surface area contributed by atoms with E-state index >= 15 is 0 Å². The molecule has 0 amide bonds. The molecule has 0 aromatic rings. The summed E-state index contributed by atoms with van der Waals surface area (Å²) in [5, 5.41) is 0. The predicted molar refractivity (Wildman–Crippen MR) is 63.6 cm³/mol. The van der Waals surface area contributed by atoms with Crippen molar-refractivity contribution in [2.45, 2.75) is 6.42 Å². The average molecular weight is 218 g/mol. The van der Waals surface area contributed by atoms with Crippen LogP contribution >= 0.6 is 8.58 Å². The summed E-state index contributed by atoms with van der Waals surface area (Å²) >= 11 is 0. The van der Waals surface area contributed by atoms with E-state index in [2.05, 4.69) is 23.5 Å².